The van der Waals surface area contributed by atoms with Gasteiger partial charge in [0.25, 0.3) is 0 Å². The van der Waals surface area contributed by atoms with Crippen molar-refractivity contribution >= 4 is 23.4 Å². The molecule has 2 amide bonds. The van der Waals surface area contributed by atoms with Crippen molar-refractivity contribution < 1.29 is 14.3 Å². The van der Waals surface area contributed by atoms with E-state index in [4.69, 9.17) is 16.3 Å². The molecule has 1 aromatic carbocycles. The predicted octanol–water partition coefficient (Wildman–Crippen LogP) is 1.52. The number of carbonyl (C=O) groups is 2. The number of nitrogens with zero attached hydrogens (tertiary/aromatic N) is 1. The molecule has 3 rings (SSSR count). The molecule has 6 heteroatoms. The topological polar surface area (TPSA) is 58.6 Å². The van der Waals surface area contributed by atoms with E-state index < -0.39 is 0 Å². The second-order valence-corrected chi connectivity index (χ2v) is 5.79. The summed E-state index contributed by atoms with van der Waals surface area (Å²) >= 11 is 5.88. The highest BCUT2D eigenvalue weighted by Gasteiger charge is 2.33. The van der Waals surface area contributed by atoms with Crippen LogP contribution in [0.3, 0.4) is 0 Å². The molecule has 0 saturated carbocycles. The highest BCUT2D eigenvalue weighted by atomic mass is 35.5. The Morgan fingerprint density at radius 3 is 2.76 bits per heavy atom. The number of halogens is 1. The molecule has 2 fully saturated rings. The lowest BCUT2D eigenvalue weighted by molar-refractivity contribution is -0.141. The summed E-state index contributed by atoms with van der Waals surface area (Å²) in [5.74, 6) is -0.0565. The van der Waals surface area contributed by atoms with E-state index >= 15 is 0 Å². The van der Waals surface area contributed by atoms with Crippen molar-refractivity contribution in [3.8, 4) is 0 Å². The molecule has 2 saturated heterocycles. The number of benzene rings is 1. The fourth-order valence-electron chi connectivity index (χ4n) is 2.75. The third-order valence-electron chi connectivity index (χ3n) is 3.91. The van der Waals surface area contributed by atoms with Gasteiger partial charge >= 0.3 is 0 Å². The van der Waals surface area contributed by atoms with Crippen molar-refractivity contribution in [2.24, 2.45) is 0 Å². The number of amides is 2. The molecule has 1 aromatic rings. The molecule has 0 unspecified atom stereocenters. The number of hydrogen-bond acceptors (Lipinski definition) is 3. The second kappa shape index (κ2) is 6.03. The average Bonchev–Trinajstić information content (AvgIpc) is 2.94. The Morgan fingerprint density at radius 2 is 2.10 bits per heavy atom. The number of hydrogen-bond donors (Lipinski definition) is 1. The Kier molecular flexibility index (Phi) is 4.12. The normalized spacial score (nSPS) is 25.8. The minimum absolute atomic E-state index is 0.0110. The van der Waals surface area contributed by atoms with Crippen molar-refractivity contribution in [2.45, 2.75) is 25.0 Å². The maximum absolute atomic E-state index is 12.4. The van der Waals surface area contributed by atoms with E-state index in [-0.39, 0.29) is 24.0 Å². The molecule has 21 heavy (non-hydrogen) atoms. The SMILES string of the molecule is O=C1CC[C@@H](C(=O)N2CCO[C@H](c3ccc(Cl)cc3)C2)N1. The fourth-order valence-corrected chi connectivity index (χ4v) is 2.87. The highest BCUT2D eigenvalue weighted by Crippen LogP contribution is 2.24. The molecular formula is C15H17ClN2O3. The molecule has 0 bridgehead atoms. The van der Waals surface area contributed by atoms with Gasteiger partial charge in [-0.3, -0.25) is 9.59 Å². The van der Waals surface area contributed by atoms with Gasteiger partial charge in [-0.25, -0.2) is 0 Å². The third-order valence-corrected chi connectivity index (χ3v) is 4.17. The smallest absolute Gasteiger partial charge is 0.245 e. The molecule has 0 aromatic heterocycles. The van der Waals surface area contributed by atoms with E-state index in [0.29, 0.717) is 37.6 Å². The van der Waals surface area contributed by atoms with Crippen LogP contribution in [0.1, 0.15) is 24.5 Å². The van der Waals surface area contributed by atoms with Crippen molar-refractivity contribution in [2.75, 3.05) is 19.7 Å². The lowest BCUT2D eigenvalue weighted by Crippen LogP contribution is -2.49. The first-order chi connectivity index (χ1) is 10.1. The maximum atomic E-state index is 12.4. The van der Waals surface area contributed by atoms with Crippen LogP contribution in [0.15, 0.2) is 24.3 Å². The summed E-state index contributed by atoms with van der Waals surface area (Å²) in [6.07, 6.45) is 0.874. The van der Waals surface area contributed by atoms with Gasteiger partial charge < -0.3 is 15.0 Å². The van der Waals surface area contributed by atoms with E-state index in [1.54, 1.807) is 4.90 Å². The van der Waals surface area contributed by atoms with Gasteiger partial charge in [-0.15, -0.1) is 0 Å². The van der Waals surface area contributed by atoms with Crippen LogP contribution in [0.25, 0.3) is 0 Å². The minimum atomic E-state index is -0.374. The first kappa shape index (κ1) is 14.4. The van der Waals surface area contributed by atoms with Crippen LogP contribution in [-0.4, -0.2) is 42.5 Å². The van der Waals surface area contributed by atoms with Crippen LogP contribution in [0, 0.1) is 0 Å². The molecule has 2 aliphatic rings. The van der Waals surface area contributed by atoms with Gasteiger partial charge in [-0.1, -0.05) is 23.7 Å². The van der Waals surface area contributed by atoms with Crippen molar-refractivity contribution in [3.05, 3.63) is 34.9 Å². The minimum Gasteiger partial charge on any atom is -0.370 e. The largest absolute Gasteiger partial charge is 0.370 e. The van der Waals surface area contributed by atoms with Gasteiger partial charge in [0.15, 0.2) is 0 Å². The molecule has 2 heterocycles. The van der Waals surface area contributed by atoms with Gasteiger partial charge in [0.05, 0.1) is 13.2 Å². The van der Waals surface area contributed by atoms with E-state index in [1.165, 1.54) is 0 Å². The van der Waals surface area contributed by atoms with Gasteiger partial charge in [0.1, 0.15) is 12.1 Å². The van der Waals surface area contributed by atoms with Crippen LogP contribution in [0.4, 0.5) is 0 Å². The summed E-state index contributed by atoms with van der Waals surface area (Å²) in [6.45, 7) is 1.57. The van der Waals surface area contributed by atoms with Crippen LogP contribution in [0.5, 0.6) is 0 Å². The number of morpholine rings is 1. The number of carbonyl (C=O) groups excluding carboxylic acids is 2. The Balaban J connectivity index is 1.66. The van der Waals surface area contributed by atoms with Gasteiger partial charge in [-0.05, 0) is 24.1 Å². The molecule has 0 spiro atoms. The summed E-state index contributed by atoms with van der Waals surface area (Å²) in [4.78, 5) is 25.4. The van der Waals surface area contributed by atoms with Crippen LogP contribution in [-0.2, 0) is 14.3 Å². The Hall–Kier alpha value is -1.59. The maximum Gasteiger partial charge on any atom is 0.245 e. The van der Waals surface area contributed by atoms with E-state index in [2.05, 4.69) is 5.32 Å². The van der Waals surface area contributed by atoms with E-state index in [0.717, 1.165) is 5.56 Å². The van der Waals surface area contributed by atoms with Crippen LogP contribution >= 0.6 is 11.6 Å². The highest BCUT2D eigenvalue weighted by molar-refractivity contribution is 6.30. The summed E-state index contributed by atoms with van der Waals surface area (Å²) in [5.41, 5.74) is 1.01. The summed E-state index contributed by atoms with van der Waals surface area (Å²) in [6, 6.07) is 7.09. The van der Waals surface area contributed by atoms with Gasteiger partial charge in [0, 0.05) is 18.0 Å². The third kappa shape index (κ3) is 3.19. The average molecular weight is 309 g/mol. The molecule has 5 nitrogen and oxygen atoms in total. The predicted molar refractivity (Wildman–Crippen MR) is 77.9 cm³/mol. The summed E-state index contributed by atoms with van der Waals surface area (Å²) in [7, 11) is 0. The Labute approximate surface area is 128 Å². The van der Waals surface area contributed by atoms with E-state index in [1.807, 2.05) is 24.3 Å². The zero-order valence-electron chi connectivity index (χ0n) is 11.5. The number of rotatable bonds is 2. The van der Waals surface area contributed by atoms with Crippen molar-refractivity contribution in [3.63, 3.8) is 0 Å². The molecule has 1 N–H and O–H groups in total. The van der Waals surface area contributed by atoms with Crippen molar-refractivity contribution in [1.29, 1.82) is 0 Å². The quantitative estimate of drug-likeness (QED) is 0.901. The summed E-state index contributed by atoms with van der Waals surface area (Å²) < 4.78 is 5.74. The molecule has 2 aliphatic heterocycles. The monoisotopic (exact) mass is 308 g/mol. The van der Waals surface area contributed by atoms with Crippen LogP contribution in [0.2, 0.25) is 5.02 Å². The second-order valence-electron chi connectivity index (χ2n) is 5.35. The summed E-state index contributed by atoms with van der Waals surface area (Å²) in [5, 5.41) is 3.40. The number of ether oxygens (including phenoxy) is 1. The lowest BCUT2D eigenvalue weighted by Gasteiger charge is -2.34. The lowest BCUT2D eigenvalue weighted by atomic mass is 10.1. The van der Waals surface area contributed by atoms with Gasteiger partial charge in [-0.2, -0.15) is 0 Å². The zero-order chi connectivity index (χ0) is 14.8. The van der Waals surface area contributed by atoms with Gasteiger partial charge in [0.2, 0.25) is 11.8 Å². The van der Waals surface area contributed by atoms with Crippen molar-refractivity contribution in [1.82, 2.24) is 10.2 Å². The fraction of sp³-hybridized carbons (Fsp3) is 0.467. The first-order valence-corrected chi connectivity index (χ1v) is 7.46. The zero-order valence-corrected chi connectivity index (χ0v) is 12.3. The molecule has 2 atom stereocenters. The molecule has 0 aliphatic carbocycles. The van der Waals surface area contributed by atoms with E-state index in [9.17, 15) is 9.59 Å². The Bertz CT molecular complexity index is 546. The molecular weight excluding hydrogens is 292 g/mol. The first-order valence-electron chi connectivity index (χ1n) is 7.09. The Morgan fingerprint density at radius 1 is 1.33 bits per heavy atom. The standard InChI is InChI=1S/C15H17ClN2O3/c16-11-3-1-10(2-4-11)13-9-18(7-8-21-13)15(20)12-5-6-14(19)17-12/h1-4,12-13H,5-9H2,(H,17,19)/t12-,13-/m0/s1. The molecule has 0 radical (unpaired) electrons. The molecule has 112 valence electrons. The number of nitrogens with one attached hydrogen (secondary N) is 1. The van der Waals surface area contributed by atoms with Crippen LogP contribution < -0.4 is 5.32 Å².